The summed E-state index contributed by atoms with van der Waals surface area (Å²) in [4.78, 5) is 37.8. The maximum absolute atomic E-state index is 13.0. The number of nitrogens with one attached hydrogen (secondary N) is 1. The second-order valence-corrected chi connectivity index (χ2v) is 6.64. The van der Waals surface area contributed by atoms with Crippen molar-refractivity contribution in [1.82, 2.24) is 4.90 Å². The van der Waals surface area contributed by atoms with Crippen LogP contribution in [0.2, 0.25) is 0 Å². The summed E-state index contributed by atoms with van der Waals surface area (Å²) in [6, 6.07) is 8.39. The molecule has 3 rings (SSSR count). The zero-order valence-electron chi connectivity index (χ0n) is 15.2. The Hall–Kier alpha value is -3.16. The predicted molar refractivity (Wildman–Crippen MR) is 96.0 cm³/mol. The number of carbonyl (C=O) groups is 3. The van der Waals surface area contributed by atoms with Crippen LogP contribution in [0.3, 0.4) is 0 Å². The number of rotatable bonds is 4. The molecule has 1 aliphatic heterocycles. The first-order chi connectivity index (χ1) is 13.1. The van der Waals surface area contributed by atoms with Crippen LogP contribution in [0, 0.1) is 13.8 Å². The molecule has 0 fully saturated rings. The normalized spacial score (nSPS) is 13.7. The number of alkyl halides is 3. The highest BCUT2D eigenvalue weighted by Crippen LogP contribution is 2.33. The van der Waals surface area contributed by atoms with Crippen LogP contribution < -0.4 is 5.32 Å². The molecule has 8 heteroatoms. The van der Waals surface area contributed by atoms with E-state index in [0.717, 1.165) is 16.5 Å². The Balaban J connectivity index is 1.66. The number of benzene rings is 2. The topological polar surface area (TPSA) is 66.5 Å². The second kappa shape index (κ2) is 7.10. The Morgan fingerprint density at radius 1 is 1.00 bits per heavy atom. The van der Waals surface area contributed by atoms with Gasteiger partial charge >= 0.3 is 6.18 Å². The molecule has 0 spiro atoms. The molecule has 0 bridgehead atoms. The predicted octanol–water partition coefficient (Wildman–Crippen LogP) is 3.95. The molecular formula is C20H17F3N2O3. The summed E-state index contributed by atoms with van der Waals surface area (Å²) in [6.07, 6.45) is -4.75. The fraction of sp³-hybridized carbons (Fsp3) is 0.250. The lowest BCUT2D eigenvalue weighted by atomic mass is 10.1. The summed E-state index contributed by atoms with van der Waals surface area (Å²) in [5.74, 6) is -1.56. The smallest absolute Gasteiger partial charge is 0.326 e. The minimum atomic E-state index is -4.52. The summed E-state index contributed by atoms with van der Waals surface area (Å²) < 4.78 is 38.9. The molecule has 2 aromatic rings. The Kier molecular flexibility index (Phi) is 4.97. The van der Waals surface area contributed by atoms with Crippen LogP contribution in [-0.2, 0) is 11.0 Å². The molecule has 1 aliphatic rings. The van der Waals surface area contributed by atoms with Gasteiger partial charge in [-0.2, -0.15) is 13.2 Å². The molecular weight excluding hydrogens is 373 g/mol. The van der Waals surface area contributed by atoms with Crippen LogP contribution in [-0.4, -0.2) is 29.2 Å². The highest BCUT2D eigenvalue weighted by molar-refractivity contribution is 6.21. The van der Waals surface area contributed by atoms with Crippen LogP contribution in [0.25, 0.3) is 0 Å². The highest BCUT2D eigenvalue weighted by Gasteiger charge is 2.35. The number of carbonyl (C=O) groups excluding carboxylic acids is 3. The second-order valence-electron chi connectivity index (χ2n) is 6.64. The molecule has 5 nitrogen and oxygen atoms in total. The van der Waals surface area contributed by atoms with Gasteiger partial charge in [0.25, 0.3) is 11.8 Å². The van der Waals surface area contributed by atoms with Crippen molar-refractivity contribution in [2.45, 2.75) is 26.4 Å². The maximum Gasteiger partial charge on any atom is 0.416 e. The number of halogens is 3. The Morgan fingerprint density at radius 3 is 2.36 bits per heavy atom. The van der Waals surface area contributed by atoms with E-state index in [1.807, 2.05) is 0 Å². The number of aryl methyl sites for hydroxylation is 2. The Labute approximate surface area is 159 Å². The van der Waals surface area contributed by atoms with Crippen LogP contribution >= 0.6 is 0 Å². The van der Waals surface area contributed by atoms with Gasteiger partial charge in [-0.3, -0.25) is 19.3 Å². The monoisotopic (exact) mass is 390 g/mol. The van der Waals surface area contributed by atoms with E-state index in [1.165, 1.54) is 19.1 Å². The van der Waals surface area contributed by atoms with E-state index in [4.69, 9.17) is 0 Å². The summed E-state index contributed by atoms with van der Waals surface area (Å²) in [5, 5.41) is 2.38. The molecule has 28 heavy (non-hydrogen) atoms. The lowest BCUT2D eigenvalue weighted by Crippen LogP contribution is -2.32. The van der Waals surface area contributed by atoms with E-state index in [0.29, 0.717) is 5.56 Å². The van der Waals surface area contributed by atoms with Crippen LogP contribution in [0.15, 0.2) is 36.4 Å². The van der Waals surface area contributed by atoms with Crippen molar-refractivity contribution in [3.8, 4) is 0 Å². The molecule has 2 aromatic carbocycles. The van der Waals surface area contributed by atoms with Crippen LogP contribution in [0.4, 0.5) is 18.9 Å². The van der Waals surface area contributed by atoms with Crippen molar-refractivity contribution in [2.24, 2.45) is 0 Å². The summed E-state index contributed by atoms with van der Waals surface area (Å²) in [7, 11) is 0. The third-order valence-corrected chi connectivity index (χ3v) is 4.52. The van der Waals surface area contributed by atoms with Gasteiger partial charge in [0.05, 0.1) is 16.7 Å². The first-order valence-electron chi connectivity index (χ1n) is 8.52. The number of hydrogen-bond acceptors (Lipinski definition) is 3. The Morgan fingerprint density at radius 2 is 1.68 bits per heavy atom. The molecule has 1 N–H and O–H groups in total. The highest BCUT2D eigenvalue weighted by atomic mass is 19.4. The molecule has 146 valence electrons. The summed E-state index contributed by atoms with van der Waals surface area (Å²) in [6.45, 7) is 2.97. The number of imide groups is 1. The minimum absolute atomic E-state index is 0.000843. The third-order valence-electron chi connectivity index (χ3n) is 4.52. The van der Waals surface area contributed by atoms with Crippen molar-refractivity contribution in [3.63, 3.8) is 0 Å². The lowest BCUT2D eigenvalue weighted by Gasteiger charge is -2.15. The fourth-order valence-electron chi connectivity index (χ4n) is 3.05. The van der Waals surface area contributed by atoms with E-state index in [2.05, 4.69) is 5.32 Å². The molecule has 0 aromatic heterocycles. The molecule has 0 aliphatic carbocycles. The van der Waals surface area contributed by atoms with Crippen LogP contribution in [0.5, 0.6) is 0 Å². The number of anilines is 1. The van der Waals surface area contributed by atoms with Gasteiger partial charge in [-0.15, -0.1) is 0 Å². The lowest BCUT2D eigenvalue weighted by molar-refractivity contribution is -0.138. The van der Waals surface area contributed by atoms with E-state index < -0.39 is 29.5 Å². The van der Waals surface area contributed by atoms with Crippen molar-refractivity contribution in [1.29, 1.82) is 0 Å². The van der Waals surface area contributed by atoms with Gasteiger partial charge in [0.1, 0.15) is 0 Å². The van der Waals surface area contributed by atoms with Crippen molar-refractivity contribution in [2.75, 3.05) is 11.9 Å². The van der Waals surface area contributed by atoms with Gasteiger partial charge in [-0.1, -0.05) is 17.7 Å². The van der Waals surface area contributed by atoms with Gasteiger partial charge in [-0.05, 0) is 43.7 Å². The molecule has 0 saturated heterocycles. The quantitative estimate of drug-likeness (QED) is 0.804. The average molecular weight is 390 g/mol. The zero-order valence-corrected chi connectivity index (χ0v) is 15.2. The molecule has 0 unspecified atom stereocenters. The summed E-state index contributed by atoms with van der Waals surface area (Å²) in [5.41, 5.74) is 0.621. The van der Waals surface area contributed by atoms with Crippen molar-refractivity contribution >= 4 is 23.4 Å². The Bertz CT molecular complexity index is 983. The van der Waals surface area contributed by atoms with E-state index in [-0.39, 0.29) is 29.8 Å². The SMILES string of the molecule is Cc1ccc2c(c1)C(=O)N(CCC(=O)Nc1ccc(C)c(C(F)(F)F)c1)C2=O. The largest absolute Gasteiger partial charge is 0.416 e. The standard InChI is InChI=1S/C20H17F3N2O3/c1-11-3-6-14-15(9-11)19(28)25(18(14)27)8-7-17(26)24-13-5-4-12(2)16(10-13)20(21,22)23/h3-6,9-10H,7-8H2,1-2H3,(H,24,26). The van der Waals surface area contributed by atoms with Gasteiger partial charge in [0, 0.05) is 18.7 Å². The number of amides is 3. The van der Waals surface area contributed by atoms with Gasteiger partial charge in [0.2, 0.25) is 5.91 Å². The van der Waals surface area contributed by atoms with E-state index >= 15 is 0 Å². The molecule has 0 radical (unpaired) electrons. The third kappa shape index (κ3) is 3.76. The fourth-order valence-corrected chi connectivity index (χ4v) is 3.05. The van der Waals surface area contributed by atoms with Crippen molar-refractivity contribution < 1.29 is 27.6 Å². The van der Waals surface area contributed by atoms with Gasteiger partial charge < -0.3 is 5.32 Å². The van der Waals surface area contributed by atoms with Gasteiger partial charge in [-0.25, -0.2) is 0 Å². The number of nitrogens with zero attached hydrogens (tertiary/aromatic N) is 1. The molecule has 0 saturated carbocycles. The maximum atomic E-state index is 13.0. The summed E-state index contributed by atoms with van der Waals surface area (Å²) >= 11 is 0. The minimum Gasteiger partial charge on any atom is -0.326 e. The first-order valence-corrected chi connectivity index (χ1v) is 8.52. The molecule has 0 atom stereocenters. The molecule has 3 amide bonds. The number of fused-ring (bicyclic) bond motifs is 1. The first kappa shape index (κ1) is 19.6. The number of hydrogen-bond donors (Lipinski definition) is 1. The van der Waals surface area contributed by atoms with Crippen molar-refractivity contribution in [3.05, 3.63) is 64.2 Å². The molecule has 1 heterocycles. The van der Waals surface area contributed by atoms with E-state index in [1.54, 1.807) is 25.1 Å². The average Bonchev–Trinajstić information content (AvgIpc) is 2.84. The van der Waals surface area contributed by atoms with Crippen LogP contribution in [0.1, 0.15) is 43.8 Å². The van der Waals surface area contributed by atoms with E-state index in [9.17, 15) is 27.6 Å². The zero-order chi connectivity index (χ0) is 20.6. The van der Waals surface area contributed by atoms with Gasteiger partial charge in [0.15, 0.2) is 0 Å².